The summed E-state index contributed by atoms with van der Waals surface area (Å²) in [6, 6.07) is 0. The second-order valence-electron chi connectivity index (χ2n) is 2.41. The minimum Gasteiger partial charge on any atom is -0.373 e. The van der Waals surface area contributed by atoms with Crippen molar-refractivity contribution in [2.45, 2.75) is 25.7 Å². The minimum atomic E-state index is 0. The minimum absolute atomic E-state index is 0. The summed E-state index contributed by atoms with van der Waals surface area (Å²) < 4.78 is 0. The molecule has 0 bridgehead atoms. The molecular formula is C6H12N9Na. The smallest absolute Gasteiger partial charge is 0.373 e. The molecule has 0 fully saturated rings. The summed E-state index contributed by atoms with van der Waals surface area (Å²) in [5.41, 5.74) is 29.4. The van der Waals surface area contributed by atoms with Crippen LogP contribution >= 0.6 is 0 Å². The van der Waals surface area contributed by atoms with Crippen molar-refractivity contribution in [3.8, 4) is 0 Å². The van der Waals surface area contributed by atoms with Gasteiger partial charge in [-0.3, -0.25) is 4.91 Å². The van der Waals surface area contributed by atoms with Crippen LogP contribution in [-0.2, 0) is 0 Å². The van der Waals surface area contributed by atoms with Gasteiger partial charge in [0.15, 0.2) is 0 Å². The maximum atomic E-state index is 7.94. The van der Waals surface area contributed by atoms with Gasteiger partial charge in [-0.25, -0.2) is 0 Å². The molecule has 0 aromatic carbocycles. The fourth-order valence-corrected chi connectivity index (χ4v) is 0.808. The summed E-state index contributed by atoms with van der Waals surface area (Å²) in [6.45, 7) is 1.13. The summed E-state index contributed by atoms with van der Waals surface area (Å²) in [5.74, 6) is 0. The number of unbranched alkanes of at least 4 members (excludes halogenated alkanes) is 3. The Balaban J connectivity index is -0.000000377. The fraction of sp³-hybridized carbons (Fsp3) is 1.00. The molecule has 16 heavy (non-hydrogen) atoms. The molecule has 0 aromatic heterocycles. The number of nitrogens with zero attached hydrogens (tertiary/aromatic N) is 9. The van der Waals surface area contributed by atoms with Gasteiger partial charge < -0.3 is 11.1 Å². The summed E-state index contributed by atoms with van der Waals surface area (Å²) in [5, 5.41) is 6.81. The first-order valence-electron chi connectivity index (χ1n) is 4.33. The van der Waals surface area contributed by atoms with Gasteiger partial charge in [0.1, 0.15) is 0 Å². The molecule has 0 aromatic rings. The van der Waals surface area contributed by atoms with Gasteiger partial charge in [0.25, 0.3) is 0 Å². The Kier molecular flexibility index (Phi) is 30.0. The molecule has 0 radical (unpaired) electrons. The maximum Gasteiger partial charge on any atom is 1.00 e. The van der Waals surface area contributed by atoms with Crippen molar-refractivity contribution in [1.29, 1.82) is 0 Å². The average molecular weight is 233 g/mol. The third-order valence-corrected chi connectivity index (χ3v) is 1.39. The quantitative estimate of drug-likeness (QED) is 0.202. The molecule has 9 nitrogen and oxygen atoms in total. The van der Waals surface area contributed by atoms with Gasteiger partial charge in [0, 0.05) is 22.9 Å². The Morgan fingerprint density at radius 1 is 0.688 bits per heavy atom. The zero-order valence-electron chi connectivity index (χ0n) is 9.27. The first-order valence-corrected chi connectivity index (χ1v) is 4.33. The monoisotopic (exact) mass is 233 g/mol. The van der Waals surface area contributed by atoms with Crippen LogP contribution in [0.1, 0.15) is 25.7 Å². The van der Waals surface area contributed by atoms with E-state index in [1.165, 1.54) is 4.91 Å². The van der Waals surface area contributed by atoms with E-state index in [9.17, 15) is 0 Å². The maximum absolute atomic E-state index is 7.94. The van der Waals surface area contributed by atoms with Crippen LogP contribution in [0.3, 0.4) is 0 Å². The van der Waals surface area contributed by atoms with Crippen LogP contribution in [0.2, 0.25) is 0 Å². The van der Waals surface area contributed by atoms with Gasteiger partial charge in [-0.1, -0.05) is 23.1 Å². The molecule has 82 valence electrons. The van der Waals surface area contributed by atoms with Gasteiger partial charge in [-0.2, -0.15) is 0 Å². The first-order chi connectivity index (χ1) is 7.33. The third-order valence-electron chi connectivity index (χ3n) is 1.39. The van der Waals surface area contributed by atoms with Crippen molar-refractivity contribution >= 4 is 0 Å². The third kappa shape index (κ3) is 29.3. The molecule has 0 saturated heterocycles. The Labute approximate surface area is 115 Å². The molecule has 0 heterocycles. The Hall–Kier alpha value is -1.07. The van der Waals surface area contributed by atoms with Crippen molar-refractivity contribution < 1.29 is 29.6 Å². The number of azide groups is 2. The van der Waals surface area contributed by atoms with E-state index in [1.807, 2.05) is 0 Å². The van der Waals surface area contributed by atoms with Crippen molar-refractivity contribution in [2.75, 3.05) is 13.1 Å². The van der Waals surface area contributed by atoms with E-state index in [-0.39, 0.29) is 29.6 Å². The number of rotatable bonds is 7. The molecule has 0 spiro atoms. The van der Waals surface area contributed by atoms with Gasteiger partial charge >= 0.3 is 29.6 Å². The summed E-state index contributed by atoms with van der Waals surface area (Å²) >= 11 is 0. The molecule has 0 rings (SSSR count). The van der Waals surface area contributed by atoms with Gasteiger partial charge in [0.2, 0.25) is 0 Å². The average Bonchev–Trinajstić information content (AvgIpc) is 2.23. The van der Waals surface area contributed by atoms with Crippen LogP contribution in [0.25, 0.3) is 36.9 Å². The summed E-state index contributed by atoms with van der Waals surface area (Å²) in [4.78, 5) is 6.78. The molecule has 10 heteroatoms. The summed E-state index contributed by atoms with van der Waals surface area (Å²) in [7, 11) is 0. The van der Waals surface area contributed by atoms with Crippen LogP contribution in [0.4, 0.5) is 0 Å². The predicted octanol–water partition coefficient (Wildman–Crippen LogP) is 1.04. The second-order valence-corrected chi connectivity index (χ2v) is 2.41. The van der Waals surface area contributed by atoms with E-state index in [2.05, 4.69) is 20.1 Å². The van der Waals surface area contributed by atoms with Crippen LogP contribution in [-0.4, -0.2) is 13.1 Å². The zero-order valence-corrected chi connectivity index (χ0v) is 11.3. The topological polar surface area (TPSA) is 156 Å². The van der Waals surface area contributed by atoms with E-state index in [4.69, 9.17) is 22.1 Å². The van der Waals surface area contributed by atoms with Gasteiger partial charge in [0.05, 0.1) is 0 Å². The molecule has 0 aliphatic carbocycles. The van der Waals surface area contributed by atoms with E-state index in [1.54, 1.807) is 0 Å². The van der Waals surface area contributed by atoms with Gasteiger partial charge in [-0.05, 0) is 23.9 Å². The molecule has 0 saturated carbocycles. The Bertz CT molecular complexity index is 237. The van der Waals surface area contributed by atoms with Crippen LogP contribution in [0.5, 0.6) is 0 Å². The van der Waals surface area contributed by atoms with Crippen molar-refractivity contribution in [3.05, 3.63) is 36.9 Å². The Morgan fingerprint density at radius 3 is 1.25 bits per heavy atom. The van der Waals surface area contributed by atoms with Crippen molar-refractivity contribution in [3.63, 3.8) is 0 Å². The molecule has 0 aliphatic heterocycles. The van der Waals surface area contributed by atoms with Crippen molar-refractivity contribution in [1.82, 2.24) is 0 Å². The first kappa shape index (κ1) is 20.4. The van der Waals surface area contributed by atoms with E-state index in [0.717, 1.165) is 25.7 Å². The molecule has 0 unspecified atom stereocenters. The van der Waals surface area contributed by atoms with E-state index >= 15 is 0 Å². The molecular weight excluding hydrogens is 221 g/mol. The van der Waals surface area contributed by atoms with Crippen LogP contribution in [0, 0.1) is 0 Å². The molecule has 0 aliphatic rings. The van der Waals surface area contributed by atoms with Crippen LogP contribution < -0.4 is 29.6 Å². The van der Waals surface area contributed by atoms with Crippen LogP contribution in [0.15, 0.2) is 10.2 Å². The fourth-order valence-electron chi connectivity index (χ4n) is 0.808. The molecule has 0 atom stereocenters. The number of hydrogen-bond donors (Lipinski definition) is 0. The van der Waals surface area contributed by atoms with E-state index in [0.29, 0.717) is 13.1 Å². The molecule has 0 N–H and O–H groups in total. The second kappa shape index (κ2) is 23.6. The number of hydrogen-bond acceptors (Lipinski definition) is 2. The normalized spacial score (nSPS) is 6.75. The van der Waals surface area contributed by atoms with Gasteiger partial charge in [-0.15, -0.1) is 0 Å². The summed E-state index contributed by atoms with van der Waals surface area (Å²) in [6.07, 6.45) is 3.89. The SMILES string of the molecule is [N-]=[N+]=NCCCCCCN=[N+]=[N-].[N-]=[N+]=[N-].[Na+]. The molecule has 0 amide bonds. The standard InChI is InChI=1S/C6H12N6.N3.Na/c7-11-9-5-3-1-2-4-6-10-12-8;1-3-2;/h1-6H2;;/q;-1;+1. The Morgan fingerprint density at radius 2 is 1.00 bits per heavy atom. The zero-order chi connectivity index (χ0) is 11.8. The predicted molar refractivity (Wildman–Crippen MR) is 56.6 cm³/mol. The van der Waals surface area contributed by atoms with Crippen molar-refractivity contribution in [2.24, 2.45) is 10.2 Å². The largest absolute Gasteiger partial charge is 1.00 e. The van der Waals surface area contributed by atoms with E-state index < -0.39 is 0 Å².